The maximum atomic E-state index is 13.0. The summed E-state index contributed by atoms with van der Waals surface area (Å²) in [6.07, 6.45) is 1.44. The van der Waals surface area contributed by atoms with E-state index >= 15 is 0 Å². The van der Waals surface area contributed by atoms with Gasteiger partial charge in [0.15, 0.2) is 0 Å². The second kappa shape index (κ2) is 6.49. The number of fused-ring (bicyclic) bond motifs is 1. The minimum absolute atomic E-state index is 0.122. The molecule has 0 bridgehead atoms. The second-order valence-electron chi connectivity index (χ2n) is 8.09. The van der Waals surface area contributed by atoms with Crippen molar-refractivity contribution in [2.24, 2.45) is 11.8 Å². The lowest BCUT2D eigenvalue weighted by atomic mass is 9.97. The molecular weight excluding hydrogens is 360 g/mol. The molecular formula is C20H22N4O4. The molecule has 1 unspecified atom stereocenters. The van der Waals surface area contributed by atoms with Crippen LogP contribution in [0.3, 0.4) is 0 Å². The highest BCUT2D eigenvalue weighted by atomic mass is 16.2. The van der Waals surface area contributed by atoms with Crippen molar-refractivity contribution in [2.75, 3.05) is 13.1 Å². The standard InChI is InChI=1S/C20H22N4O4/c25-16-5-4-15(18(26)23-16)24-19(27)12-3-1-2-10(17(12)20(24)28)9-22-14-6-13(14)11-7-21-8-11/h1-3,11,13-15,21-22H,4-9H2,(H,23,25,26)/t13-,14+,15?/m0/s1. The molecule has 1 aliphatic carbocycles. The van der Waals surface area contributed by atoms with Gasteiger partial charge in [-0.05, 0) is 49.4 Å². The van der Waals surface area contributed by atoms with Crippen LogP contribution in [0.2, 0.25) is 0 Å². The molecule has 0 aromatic heterocycles. The van der Waals surface area contributed by atoms with Gasteiger partial charge in [0.2, 0.25) is 11.8 Å². The van der Waals surface area contributed by atoms with Gasteiger partial charge in [-0.25, -0.2) is 0 Å². The summed E-state index contributed by atoms with van der Waals surface area (Å²) in [4.78, 5) is 50.5. The Kier molecular flexibility index (Phi) is 4.06. The predicted octanol–water partition coefficient (Wildman–Crippen LogP) is -0.215. The van der Waals surface area contributed by atoms with Gasteiger partial charge in [-0.3, -0.25) is 29.4 Å². The number of piperidine rings is 1. The van der Waals surface area contributed by atoms with Crippen LogP contribution < -0.4 is 16.0 Å². The molecule has 28 heavy (non-hydrogen) atoms. The average molecular weight is 382 g/mol. The van der Waals surface area contributed by atoms with E-state index in [1.807, 2.05) is 6.07 Å². The smallest absolute Gasteiger partial charge is 0.262 e. The Balaban J connectivity index is 1.33. The van der Waals surface area contributed by atoms with Crippen molar-refractivity contribution in [3.63, 3.8) is 0 Å². The zero-order valence-corrected chi connectivity index (χ0v) is 15.4. The van der Waals surface area contributed by atoms with E-state index in [1.165, 1.54) is 0 Å². The molecule has 1 saturated carbocycles. The van der Waals surface area contributed by atoms with E-state index in [0.29, 0.717) is 29.6 Å². The minimum Gasteiger partial charge on any atom is -0.316 e. The van der Waals surface area contributed by atoms with Crippen LogP contribution in [0, 0.1) is 11.8 Å². The first-order valence-electron chi connectivity index (χ1n) is 9.82. The molecule has 0 radical (unpaired) electrons. The first kappa shape index (κ1) is 17.5. The summed E-state index contributed by atoms with van der Waals surface area (Å²) >= 11 is 0. The topological polar surface area (TPSA) is 108 Å². The lowest BCUT2D eigenvalue weighted by Gasteiger charge is -2.28. The second-order valence-corrected chi connectivity index (χ2v) is 8.09. The Hall–Kier alpha value is -2.58. The first-order valence-corrected chi connectivity index (χ1v) is 9.82. The van der Waals surface area contributed by atoms with E-state index in [9.17, 15) is 19.2 Å². The third kappa shape index (κ3) is 2.75. The number of benzene rings is 1. The number of carbonyl (C=O) groups excluding carboxylic acids is 4. The van der Waals surface area contributed by atoms with Crippen molar-refractivity contribution < 1.29 is 19.2 Å². The van der Waals surface area contributed by atoms with Gasteiger partial charge in [-0.15, -0.1) is 0 Å². The van der Waals surface area contributed by atoms with Gasteiger partial charge in [0.05, 0.1) is 11.1 Å². The fourth-order valence-corrected chi connectivity index (χ4v) is 4.56. The highest BCUT2D eigenvalue weighted by Crippen LogP contribution is 2.39. The Morgan fingerprint density at radius 2 is 1.93 bits per heavy atom. The van der Waals surface area contributed by atoms with E-state index in [1.54, 1.807) is 12.1 Å². The van der Waals surface area contributed by atoms with Crippen LogP contribution in [0.1, 0.15) is 45.5 Å². The van der Waals surface area contributed by atoms with E-state index < -0.39 is 23.8 Å². The summed E-state index contributed by atoms with van der Waals surface area (Å²) in [7, 11) is 0. The van der Waals surface area contributed by atoms with Crippen LogP contribution in [-0.2, 0) is 16.1 Å². The van der Waals surface area contributed by atoms with E-state index in [2.05, 4.69) is 16.0 Å². The summed E-state index contributed by atoms with van der Waals surface area (Å²) in [6, 6.07) is 4.79. The first-order chi connectivity index (χ1) is 13.5. The Morgan fingerprint density at radius 1 is 1.11 bits per heavy atom. The molecule has 8 heteroatoms. The van der Waals surface area contributed by atoms with Gasteiger partial charge in [0.1, 0.15) is 6.04 Å². The minimum atomic E-state index is -0.926. The van der Waals surface area contributed by atoms with Crippen LogP contribution in [0.15, 0.2) is 18.2 Å². The lowest BCUT2D eigenvalue weighted by molar-refractivity contribution is -0.136. The zero-order chi connectivity index (χ0) is 19.4. The van der Waals surface area contributed by atoms with Crippen molar-refractivity contribution in [3.05, 3.63) is 34.9 Å². The molecule has 4 amide bonds. The Bertz CT molecular complexity index is 894. The van der Waals surface area contributed by atoms with Crippen LogP contribution in [0.25, 0.3) is 0 Å². The molecule has 146 valence electrons. The average Bonchev–Trinajstić information content (AvgIpc) is 3.33. The van der Waals surface area contributed by atoms with Gasteiger partial charge in [0, 0.05) is 19.0 Å². The van der Waals surface area contributed by atoms with Crippen molar-refractivity contribution in [2.45, 2.75) is 37.9 Å². The maximum Gasteiger partial charge on any atom is 0.262 e. The molecule has 1 aromatic rings. The SMILES string of the molecule is O=C1CCC(N2C(=O)c3cccc(CN[C@@H]4C[C@H]4C4CNC4)c3C2=O)C(=O)N1. The Labute approximate surface area is 162 Å². The van der Waals surface area contributed by atoms with Crippen molar-refractivity contribution >= 4 is 23.6 Å². The number of nitrogens with one attached hydrogen (secondary N) is 3. The summed E-state index contributed by atoms with van der Waals surface area (Å²) in [5.74, 6) is -0.423. The predicted molar refractivity (Wildman–Crippen MR) is 98.2 cm³/mol. The molecule has 8 nitrogen and oxygen atoms in total. The highest BCUT2D eigenvalue weighted by Gasteiger charge is 2.47. The van der Waals surface area contributed by atoms with Crippen LogP contribution in [-0.4, -0.2) is 53.7 Å². The quantitative estimate of drug-likeness (QED) is 0.608. The van der Waals surface area contributed by atoms with Gasteiger partial charge < -0.3 is 10.6 Å². The van der Waals surface area contributed by atoms with Gasteiger partial charge >= 0.3 is 0 Å². The van der Waals surface area contributed by atoms with E-state index in [-0.39, 0.29) is 18.7 Å². The lowest BCUT2D eigenvalue weighted by Crippen LogP contribution is -2.54. The van der Waals surface area contributed by atoms with Crippen molar-refractivity contribution in [1.29, 1.82) is 0 Å². The van der Waals surface area contributed by atoms with Gasteiger partial charge in [-0.2, -0.15) is 0 Å². The molecule has 3 heterocycles. The fraction of sp³-hybridized carbons (Fsp3) is 0.500. The monoisotopic (exact) mass is 382 g/mol. The molecule has 0 spiro atoms. The summed E-state index contributed by atoms with van der Waals surface area (Å²) in [6.45, 7) is 2.68. The molecule has 5 rings (SSSR count). The van der Waals surface area contributed by atoms with E-state index in [0.717, 1.165) is 35.9 Å². The Morgan fingerprint density at radius 3 is 2.64 bits per heavy atom. The molecule has 2 saturated heterocycles. The molecule has 4 aliphatic rings. The van der Waals surface area contributed by atoms with Gasteiger partial charge in [0.25, 0.3) is 11.8 Å². The van der Waals surface area contributed by atoms with Crippen molar-refractivity contribution in [1.82, 2.24) is 20.9 Å². The number of hydrogen-bond donors (Lipinski definition) is 3. The molecule has 1 aromatic carbocycles. The number of carbonyl (C=O) groups is 4. The summed E-state index contributed by atoms with van der Waals surface area (Å²) < 4.78 is 0. The maximum absolute atomic E-state index is 13.0. The fourth-order valence-electron chi connectivity index (χ4n) is 4.56. The van der Waals surface area contributed by atoms with Crippen LogP contribution >= 0.6 is 0 Å². The molecule has 3 aliphatic heterocycles. The zero-order valence-electron chi connectivity index (χ0n) is 15.4. The third-order valence-corrected chi connectivity index (χ3v) is 6.37. The molecule has 3 N–H and O–H groups in total. The highest BCUT2D eigenvalue weighted by molar-refractivity contribution is 6.24. The number of rotatable bonds is 5. The number of imide groups is 2. The molecule has 3 fully saturated rings. The summed E-state index contributed by atoms with van der Waals surface area (Å²) in [5.41, 5.74) is 1.50. The van der Waals surface area contributed by atoms with Gasteiger partial charge in [-0.1, -0.05) is 12.1 Å². The normalized spacial score (nSPS) is 29.6. The third-order valence-electron chi connectivity index (χ3n) is 6.37. The molecule has 3 atom stereocenters. The van der Waals surface area contributed by atoms with Crippen molar-refractivity contribution in [3.8, 4) is 0 Å². The number of nitrogens with zero attached hydrogens (tertiary/aromatic N) is 1. The summed E-state index contributed by atoms with van der Waals surface area (Å²) in [5, 5.41) is 9.03. The number of amides is 4. The van der Waals surface area contributed by atoms with E-state index in [4.69, 9.17) is 0 Å². The van der Waals surface area contributed by atoms with Crippen LogP contribution in [0.4, 0.5) is 0 Å². The number of hydrogen-bond acceptors (Lipinski definition) is 6. The largest absolute Gasteiger partial charge is 0.316 e. The van der Waals surface area contributed by atoms with Crippen LogP contribution in [0.5, 0.6) is 0 Å².